The van der Waals surface area contributed by atoms with Gasteiger partial charge >= 0.3 is 0 Å². The molecule has 9 heteroatoms. The summed E-state index contributed by atoms with van der Waals surface area (Å²) < 4.78 is 28.7. The Hall–Kier alpha value is -3.36. The number of rotatable bonds is 11. The third-order valence-corrected chi connectivity index (χ3v) is 8.39. The van der Waals surface area contributed by atoms with E-state index in [9.17, 15) is 18.0 Å². The van der Waals surface area contributed by atoms with Gasteiger partial charge in [0, 0.05) is 13.1 Å². The summed E-state index contributed by atoms with van der Waals surface area (Å²) in [5, 5.41) is 3.07. The SMILES string of the molecule is Cc1ccc(S(=O)(=O)N(CC(=O)N(Cc2cccc(C)c2)[C@@H](C)C(=O)NCC(C)C)c2ccccc2Cl)cc1. The highest BCUT2D eigenvalue weighted by molar-refractivity contribution is 7.92. The molecular weight excluding hydrogens is 534 g/mol. The molecular formula is C30H36ClN3O4S. The first kappa shape index (κ1) is 30.2. The van der Waals surface area contributed by atoms with Crippen molar-refractivity contribution in [2.45, 2.75) is 52.1 Å². The molecule has 1 atom stereocenters. The Morgan fingerprint density at radius 3 is 2.18 bits per heavy atom. The Labute approximate surface area is 236 Å². The Kier molecular flexibility index (Phi) is 10.2. The Morgan fingerprint density at radius 1 is 0.897 bits per heavy atom. The average Bonchev–Trinajstić information content (AvgIpc) is 2.89. The minimum absolute atomic E-state index is 0.0359. The fourth-order valence-corrected chi connectivity index (χ4v) is 5.77. The van der Waals surface area contributed by atoms with Crippen molar-refractivity contribution in [1.29, 1.82) is 0 Å². The van der Waals surface area contributed by atoms with Crippen LogP contribution in [-0.4, -0.2) is 44.3 Å². The summed E-state index contributed by atoms with van der Waals surface area (Å²) in [5.41, 5.74) is 2.93. The standard InChI is InChI=1S/C30H36ClN3O4S/c1-21(2)18-32-30(36)24(5)33(19-25-10-8-9-23(4)17-25)29(35)20-34(28-12-7-6-11-27(28)31)39(37,38)26-15-13-22(3)14-16-26/h6-17,21,24H,18-20H2,1-5H3,(H,32,36)/t24-/m0/s1. The smallest absolute Gasteiger partial charge is 0.264 e. The molecule has 1 N–H and O–H groups in total. The summed E-state index contributed by atoms with van der Waals surface area (Å²) in [4.78, 5) is 28.4. The van der Waals surface area contributed by atoms with Crippen LogP contribution in [0.1, 0.15) is 37.5 Å². The van der Waals surface area contributed by atoms with Crippen LogP contribution >= 0.6 is 11.6 Å². The molecule has 0 aliphatic rings. The van der Waals surface area contributed by atoms with Crippen molar-refractivity contribution < 1.29 is 18.0 Å². The lowest BCUT2D eigenvalue weighted by Crippen LogP contribution is -2.51. The first-order valence-corrected chi connectivity index (χ1v) is 14.7. The molecule has 0 aliphatic carbocycles. The van der Waals surface area contributed by atoms with Crippen molar-refractivity contribution in [3.05, 3.63) is 94.5 Å². The number of hydrogen-bond acceptors (Lipinski definition) is 4. The summed E-state index contributed by atoms with van der Waals surface area (Å²) in [6.45, 7) is 9.49. The van der Waals surface area contributed by atoms with Crippen molar-refractivity contribution in [3.8, 4) is 0 Å². The van der Waals surface area contributed by atoms with Gasteiger partial charge < -0.3 is 10.2 Å². The molecule has 0 heterocycles. The highest BCUT2D eigenvalue weighted by Gasteiger charge is 2.33. The second-order valence-corrected chi connectivity index (χ2v) is 12.4. The van der Waals surface area contributed by atoms with E-state index in [4.69, 9.17) is 11.6 Å². The van der Waals surface area contributed by atoms with Gasteiger partial charge in [-0.2, -0.15) is 0 Å². The number of nitrogens with one attached hydrogen (secondary N) is 1. The zero-order valence-corrected chi connectivity index (χ0v) is 24.6. The van der Waals surface area contributed by atoms with Gasteiger partial charge in [0.05, 0.1) is 15.6 Å². The molecule has 0 saturated heterocycles. The van der Waals surface area contributed by atoms with E-state index in [1.54, 1.807) is 43.3 Å². The lowest BCUT2D eigenvalue weighted by molar-refractivity contribution is -0.139. The molecule has 0 spiro atoms. The third kappa shape index (κ3) is 7.83. The number of aryl methyl sites for hydroxylation is 2. The zero-order valence-electron chi connectivity index (χ0n) is 23.0. The zero-order chi connectivity index (χ0) is 28.7. The van der Waals surface area contributed by atoms with E-state index in [-0.39, 0.29) is 34.0 Å². The van der Waals surface area contributed by atoms with Crippen LogP contribution in [-0.2, 0) is 26.2 Å². The lowest BCUT2D eigenvalue weighted by atomic mass is 10.1. The van der Waals surface area contributed by atoms with Gasteiger partial charge in [-0.1, -0.05) is 85.1 Å². The first-order chi connectivity index (χ1) is 18.4. The quantitative estimate of drug-likeness (QED) is 0.338. The fourth-order valence-electron chi connectivity index (χ4n) is 4.05. The van der Waals surface area contributed by atoms with Gasteiger partial charge in [0.15, 0.2) is 0 Å². The number of hydrogen-bond donors (Lipinski definition) is 1. The van der Waals surface area contributed by atoms with Crippen molar-refractivity contribution in [2.24, 2.45) is 5.92 Å². The van der Waals surface area contributed by atoms with Crippen LogP contribution < -0.4 is 9.62 Å². The number of sulfonamides is 1. The molecule has 39 heavy (non-hydrogen) atoms. The maximum atomic E-state index is 13.9. The lowest BCUT2D eigenvalue weighted by Gasteiger charge is -2.32. The molecule has 0 bridgehead atoms. The minimum atomic E-state index is -4.17. The van der Waals surface area contributed by atoms with E-state index in [1.165, 1.54) is 17.0 Å². The summed E-state index contributed by atoms with van der Waals surface area (Å²) in [5.74, 6) is -0.605. The van der Waals surface area contributed by atoms with Gasteiger partial charge in [0.2, 0.25) is 11.8 Å². The van der Waals surface area contributed by atoms with Crippen molar-refractivity contribution >= 4 is 39.1 Å². The van der Waals surface area contributed by atoms with E-state index in [0.29, 0.717) is 6.54 Å². The summed E-state index contributed by atoms with van der Waals surface area (Å²) >= 11 is 6.44. The number of carbonyl (C=O) groups is 2. The molecule has 2 amide bonds. The Bertz CT molecular complexity index is 1410. The van der Waals surface area contributed by atoms with Gasteiger partial charge in [0.25, 0.3) is 10.0 Å². The van der Waals surface area contributed by atoms with Crippen molar-refractivity contribution in [3.63, 3.8) is 0 Å². The molecule has 7 nitrogen and oxygen atoms in total. The van der Waals surface area contributed by atoms with E-state index in [2.05, 4.69) is 5.32 Å². The van der Waals surface area contributed by atoms with E-state index in [1.807, 2.05) is 52.0 Å². The molecule has 0 unspecified atom stereocenters. The molecule has 0 aromatic heterocycles. The van der Waals surface area contributed by atoms with E-state index < -0.39 is 28.5 Å². The van der Waals surface area contributed by atoms with E-state index >= 15 is 0 Å². The number of para-hydroxylation sites is 1. The second-order valence-electron chi connectivity index (χ2n) is 10.1. The summed E-state index contributed by atoms with van der Waals surface area (Å²) in [6, 6.07) is 19.7. The van der Waals surface area contributed by atoms with Gasteiger partial charge in [0.1, 0.15) is 12.6 Å². The van der Waals surface area contributed by atoms with Gasteiger partial charge in [-0.05, 0) is 56.5 Å². The molecule has 3 aromatic carbocycles. The van der Waals surface area contributed by atoms with Crippen LogP contribution in [0, 0.1) is 19.8 Å². The Balaban J connectivity index is 2.02. The molecule has 0 aliphatic heterocycles. The van der Waals surface area contributed by atoms with Crippen LogP contribution in [0.2, 0.25) is 5.02 Å². The first-order valence-electron chi connectivity index (χ1n) is 12.9. The predicted molar refractivity (Wildman–Crippen MR) is 156 cm³/mol. The highest BCUT2D eigenvalue weighted by Crippen LogP contribution is 2.31. The molecule has 0 fully saturated rings. The maximum absolute atomic E-state index is 13.9. The number of amides is 2. The molecule has 208 valence electrons. The number of anilines is 1. The second kappa shape index (κ2) is 13.1. The van der Waals surface area contributed by atoms with Crippen molar-refractivity contribution in [1.82, 2.24) is 10.2 Å². The largest absolute Gasteiger partial charge is 0.354 e. The van der Waals surface area contributed by atoms with Crippen LogP contribution in [0.25, 0.3) is 0 Å². The normalized spacial score (nSPS) is 12.2. The number of carbonyl (C=O) groups excluding carboxylic acids is 2. The Morgan fingerprint density at radius 2 is 1.56 bits per heavy atom. The van der Waals surface area contributed by atoms with Crippen molar-refractivity contribution in [2.75, 3.05) is 17.4 Å². The molecule has 0 radical (unpaired) electrons. The highest BCUT2D eigenvalue weighted by atomic mass is 35.5. The van der Waals surface area contributed by atoms with Gasteiger partial charge in [-0.25, -0.2) is 8.42 Å². The minimum Gasteiger partial charge on any atom is -0.354 e. The van der Waals surface area contributed by atoms with E-state index in [0.717, 1.165) is 21.0 Å². The molecule has 3 rings (SSSR count). The van der Waals surface area contributed by atoms with Gasteiger partial charge in [-0.15, -0.1) is 0 Å². The summed E-state index contributed by atoms with van der Waals surface area (Å²) in [6.07, 6.45) is 0. The fraction of sp³-hybridized carbons (Fsp3) is 0.333. The predicted octanol–water partition coefficient (Wildman–Crippen LogP) is 5.34. The monoisotopic (exact) mass is 569 g/mol. The number of halogens is 1. The van der Waals surface area contributed by atoms with Crippen LogP contribution in [0.4, 0.5) is 5.69 Å². The maximum Gasteiger partial charge on any atom is 0.264 e. The molecule has 3 aromatic rings. The molecule has 0 saturated carbocycles. The van der Waals surface area contributed by atoms with Crippen LogP contribution in [0.3, 0.4) is 0 Å². The number of benzene rings is 3. The van der Waals surface area contributed by atoms with Crippen LogP contribution in [0.5, 0.6) is 0 Å². The third-order valence-electron chi connectivity index (χ3n) is 6.30. The summed E-state index contributed by atoms with van der Waals surface area (Å²) in [7, 11) is -4.17. The average molecular weight is 570 g/mol. The van der Waals surface area contributed by atoms with Crippen LogP contribution in [0.15, 0.2) is 77.7 Å². The van der Waals surface area contributed by atoms with Gasteiger partial charge in [-0.3, -0.25) is 13.9 Å². The topological polar surface area (TPSA) is 86.8 Å². The number of nitrogens with zero attached hydrogens (tertiary/aromatic N) is 2.